The molecule has 0 saturated heterocycles. The zero-order valence-corrected chi connectivity index (χ0v) is 12.0. The lowest BCUT2D eigenvalue weighted by Crippen LogP contribution is -2.01. The van der Waals surface area contributed by atoms with Gasteiger partial charge in [-0.1, -0.05) is 27.5 Å². The van der Waals surface area contributed by atoms with Crippen LogP contribution in [0.4, 0.5) is 0 Å². The van der Waals surface area contributed by atoms with E-state index >= 15 is 0 Å². The van der Waals surface area contributed by atoms with Crippen molar-refractivity contribution >= 4 is 44.7 Å². The van der Waals surface area contributed by atoms with Gasteiger partial charge in [0, 0.05) is 10.0 Å². The van der Waals surface area contributed by atoms with E-state index < -0.39 is 0 Å². The summed E-state index contributed by atoms with van der Waals surface area (Å²) in [5, 5.41) is 2.28. The van der Waals surface area contributed by atoms with Gasteiger partial charge < -0.3 is 4.74 Å². The molecule has 2 aromatic rings. The molecule has 1 aromatic carbocycles. The Morgan fingerprint density at radius 1 is 1.41 bits per heavy atom. The summed E-state index contributed by atoms with van der Waals surface area (Å²) < 4.78 is 5.83. The SMILES string of the molecule is COc1ccc(Br)c(C(=O)c2sccc2Cl)c1. The zero-order chi connectivity index (χ0) is 12.4. The fourth-order valence-corrected chi connectivity index (χ4v) is 2.91. The Hall–Kier alpha value is -0.840. The van der Waals surface area contributed by atoms with Gasteiger partial charge in [0.05, 0.1) is 17.0 Å². The van der Waals surface area contributed by atoms with E-state index in [1.807, 2.05) is 0 Å². The molecule has 0 aliphatic rings. The van der Waals surface area contributed by atoms with Crippen molar-refractivity contribution in [1.82, 2.24) is 0 Å². The first-order valence-electron chi connectivity index (χ1n) is 4.74. The molecule has 0 fully saturated rings. The van der Waals surface area contributed by atoms with Crippen LogP contribution in [0.2, 0.25) is 5.02 Å². The van der Waals surface area contributed by atoms with Crippen LogP contribution in [-0.2, 0) is 0 Å². The maximum atomic E-state index is 12.3. The number of ether oxygens (including phenoxy) is 1. The van der Waals surface area contributed by atoms with Crippen LogP contribution in [0.1, 0.15) is 15.2 Å². The van der Waals surface area contributed by atoms with Crippen molar-refractivity contribution < 1.29 is 9.53 Å². The van der Waals surface area contributed by atoms with Crippen LogP contribution in [0.15, 0.2) is 34.1 Å². The summed E-state index contributed by atoms with van der Waals surface area (Å²) >= 11 is 10.6. The third-order valence-corrected chi connectivity index (χ3v) is 4.27. The Bertz CT molecular complexity index is 565. The molecule has 88 valence electrons. The minimum atomic E-state index is -0.101. The molecule has 2 rings (SSSR count). The number of thiophene rings is 1. The smallest absolute Gasteiger partial charge is 0.205 e. The molecule has 5 heteroatoms. The second-order valence-electron chi connectivity index (χ2n) is 3.27. The van der Waals surface area contributed by atoms with Crippen molar-refractivity contribution in [2.75, 3.05) is 7.11 Å². The quantitative estimate of drug-likeness (QED) is 0.779. The maximum absolute atomic E-state index is 12.3. The highest BCUT2D eigenvalue weighted by Crippen LogP contribution is 2.30. The monoisotopic (exact) mass is 330 g/mol. The standard InChI is InChI=1S/C12H8BrClO2S/c1-16-7-2-3-9(13)8(6-7)11(15)12-10(14)4-5-17-12/h2-6H,1H3. The normalized spacial score (nSPS) is 10.3. The molecule has 0 amide bonds. The van der Waals surface area contributed by atoms with Gasteiger partial charge in [-0.2, -0.15) is 0 Å². The number of methoxy groups -OCH3 is 1. The predicted octanol–water partition coefficient (Wildman–Crippen LogP) is 4.40. The Morgan fingerprint density at radius 3 is 2.76 bits per heavy atom. The molecular weight excluding hydrogens is 324 g/mol. The first-order valence-corrected chi connectivity index (χ1v) is 6.79. The highest BCUT2D eigenvalue weighted by Gasteiger charge is 2.17. The molecular formula is C12H8BrClO2S. The van der Waals surface area contributed by atoms with Gasteiger partial charge in [-0.25, -0.2) is 0 Å². The zero-order valence-electron chi connectivity index (χ0n) is 8.87. The van der Waals surface area contributed by atoms with Gasteiger partial charge in [0.25, 0.3) is 0 Å². The summed E-state index contributed by atoms with van der Waals surface area (Å²) in [6, 6.07) is 6.99. The van der Waals surface area contributed by atoms with Gasteiger partial charge in [0.1, 0.15) is 5.75 Å². The average Bonchev–Trinajstić information content (AvgIpc) is 2.75. The van der Waals surface area contributed by atoms with Crippen LogP contribution in [0, 0.1) is 0 Å². The summed E-state index contributed by atoms with van der Waals surface area (Å²) in [6.45, 7) is 0. The van der Waals surface area contributed by atoms with E-state index in [1.54, 1.807) is 36.8 Å². The lowest BCUT2D eigenvalue weighted by molar-refractivity contribution is 0.104. The van der Waals surface area contributed by atoms with Crippen molar-refractivity contribution in [3.05, 3.63) is 49.6 Å². The topological polar surface area (TPSA) is 26.3 Å². The summed E-state index contributed by atoms with van der Waals surface area (Å²) in [6.07, 6.45) is 0. The molecule has 17 heavy (non-hydrogen) atoms. The second kappa shape index (κ2) is 5.21. The van der Waals surface area contributed by atoms with Gasteiger partial charge in [0.15, 0.2) is 0 Å². The minimum absolute atomic E-state index is 0.101. The molecule has 1 aromatic heterocycles. The van der Waals surface area contributed by atoms with Crippen LogP contribution in [0.5, 0.6) is 5.75 Å². The molecule has 0 bridgehead atoms. The van der Waals surface area contributed by atoms with E-state index in [0.29, 0.717) is 21.2 Å². The number of carbonyl (C=O) groups is 1. The van der Waals surface area contributed by atoms with E-state index in [2.05, 4.69) is 15.9 Å². The number of carbonyl (C=O) groups excluding carboxylic acids is 1. The van der Waals surface area contributed by atoms with Crippen molar-refractivity contribution in [2.24, 2.45) is 0 Å². The summed E-state index contributed by atoms with van der Waals surface area (Å²) in [4.78, 5) is 12.8. The lowest BCUT2D eigenvalue weighted by atomic mass is 10.1. The van der Waals surface area contributed by atoms with Crippen molar-refractivity contribution in [2.45, 2.75) is 0 Å². The third kappa shape index (κ3) is 2.54. The van der Waals surface area contributed by atoms with Gasteiger partial charge in [-0.05, 0) is 29.6 Å². The van der Waals surface area contributed by atoms with Crippen molar-refractivity contribution in [3.63, 3.8) is 0 Å². The van der Waals surface area contributed by atoms with E-state index in [0.717, 1.165) is 4.47 Å². The minimum Gasteiger partial charge on any atom is -0.497 e. The van der Waals surface area contributed by atoms with Crippen LogP contribution >= 0.6 is 38.9 Å². The Kier molecular flexibility index (Phi) is 3.86. The van der Waals surface area contributed by atoms with E-state index in [9.17, 15) is 4.79 Å². The predicted molar refractivity (Wildman–Crippen MR) is 73.5 cm³/mol. The highest BCUT2D eigenvalue weighted by molar-refractivity contribution is 9.10. The highest BCUT2D eigenvalue weighted by atomic mass is 79.9. The number of benzene rings is 1. The fraction of sp³-hybridized carbons (Fsp3) is 0.0833. The van der Waals surface area contributed by atoms with Gasteiger partial charge in [0.2, 0.25) is 5.78 Å². The first kappa shape index (κ1) is 12.6. The number of halogens is 2. The van der Waals surface area contributed by atoms with E-state index in [4.69, 9.17) is 16.3 Å². The summed E-state index contributed by atoms with van der Waals surface area (Å²) in [5.41, 5.74) is 0.550. The molecule has 0 atom stereocenters. The van der Waals surface area contributed by atoms with Crippen LogP contribution in [0.3, 0.4) is 0 Å². The van der Waals surface area contributed by atoms with Gasteiger partial charge >= 0.3 is 0 Å². The molecule has 2 nitrogen and oxygen atoms in total. The molecule has 0 N–H and O–H groups in total. The number of hydrogen-bond donors (Lipinski definition) is 0. The molecule has 0 spiro atoms. The molecule has 0 unspecified atom stereocenters. The van der Waals surface area contributed by atoms with Crippen LogP contribution in [0.25, 0.3) is 0 Å². The van der Waals surface area contributed by atoms with Gasteiger partial charge in [-0.15, -0.1) is 11.3 Å². The maximum Gasteiger partial charge on any atom is 0.205 e. The largest absolute Gasteiger partial charge is 0.497 e. The second-order valence-corrected chi connectivity index (χ2v) is 5.45. The van der Waals surface area contributed by atoms with Crippen molar-refractivity contribution in [3.8, 4) is 5.75 Å². The molecule has 1 heterocycles. The summed E-state index contributed by atoms with van der Waals surface area (Å²) in [5.74, 6) is 0.542. The van der Waals surface area contributed by atoms with E-state index in [1.165, 1.54) is 11.3 Å². The number of hydrogen-bond acceptors (Lipinski definition) is 3. The van der Waals surface area contributed by atoms with Crippen LogP contribution in [-0.4, -0.2) is 12.9 Å². The van der Waals surface area contributed by atoms with Crippen molar-refractivity contribution in [1.29, 1.82) is 0 Å². The molecule has 0 saturated carbocycles. The Balaban J connectivity index is 2.47. The molecule has 0 aliphatic heterocycles. The fourth-order valence-electron chi connectivity index (χ4n) is 1.38. The van der Waals surface area contributed by atoms with Gasteiger partial charge in [-0.3, -0.25) is 4.79 Å². The number of ketones is 1. The summed E-state index contributed by atoms with van der Waals surface area (Å²) in [7, 11) is 1.57. The lowest BCUT2D eigenvalue weighted by Gasteiger charge is -2.05. The van der Waals surface area contributed by atoms with Crippen LogP contribution < -0.4 is 4.74 Å². The molecule has 0 aliphatic carbocycles. The Labute approximate surface area is 116 Å². The first-order chi connectivity index (χ1) is 8.13. The third-order valence-electron chi connectivity index (χ3n) is 2.24. The molecule has 0 radical (unpaired) electrons. The Morgan fingerprint density at radius 2 is 2.18 bits per heavy atom. The van der Waals surface area contributed by atoms with E-state index in [-0.39, 0.29) is 5.78 Å². The average molecular weight is 332 g/mol. The number of rotatable bonds is 3.